The van der Waals surface area contributed by atoms with E-state index in [1.807, 2.05) is 17.5 Å². The molecule has 0 fully saturated rings. The number of hydrogen-bond acceptors (Lipinski definition) is 4. The molecule has 1 unspecified atom stereocenters. The van der Waals surface area contributed by atoms with Crippen LogP contribution in [0.3, 0.4) is 0 Å². The van der Waals surface area contributed by atoms with Crippen molar-refractivity contribution < 1.29 is 14.7 Å². The zero-order chi connectivity index (χ0) is 12.7. The summed E-state index contributed by atoms with van der Waals surface area (Å²) in [4.78, 5) is 23.1. The van der Waals surface area contributed by atoms with Crippen LogP contribution >= 0.6 is 23.1 Å². The molecule has 0 spiro atoms. The van der Waals surface area contributed by atoms with Crippen LogP contribution in [0, 0.1) is 0 Å². The minimum atomic E-state index is -0.899. The zero-order valence-electron chi connectivity index (χ0n) is 9.51. The largest absolute Gasteiger partial charge is 0.481 e. The number of amides is 1. The smallest absolute Gasteiger partial charge is 0.305 e. The number of carboxylic acid groups (broad SMARTS) is 1. The SMILES string of the molecule is CC(CC(=O)O)NC(=O)CSCc1cccs1. The van der Waals surface area contributed by atoms with Crippen LogP contribution in [0.1, 0.15) is 18.2 Å². The highest BCUT2D eigenvalue weighted by atomic mass is 32.2. The first-order valence-electron chi connectivity index (χ1n) is 5.19. The van der Waals surface area contributed by atoms with E-state index in [1.54, 1.807) is 18.3 Å². The van der Waals surface area contributed by atoms with E-state index in [-0.39, 0.29) is 18.4 Å². The molecule has 1 heterocycles. The molecule has 0 aliphatic rings. The van der Waals surface area contributed by atoms with Crippen LogP contribution in [-0.4, -0.2) is 28.8 Å². The van der Waals surface area contributed by atoms with Crippen molar-refractivity contribution in [2.24, 2.45) is 0 Å². The predicted molar refractivity (Wildman–Crippen MR) is 70.3 cm³/mol. The van der Waals surface area contributed by atoms with Crippen LogP contribution in [0.25, 0.3) is 0 Å². The molecule has 6 heteroatoms. The summed E-state index contributed by atoms with van der Waals surface area (Å²) >= 11 is 3.20. The molecule has 1 atom stereocenters. The quantitative estimate of drug-likeness (QED) is 0.797. The van der Waals surface area contributed by atoms with Crippen LogP contribution < -0.4 is 5.32 Å². The number of nitrogens with one attached hydrogen (secondary N) is 1. The maximum atomic E-state index is 11.4. The van der Waals surface area contributed by atoms with Crippen molar-refractivity contribution in [1.82, 2.24) is 5.32 Å². The summed E-state index contributed by atoms with van der Waals surface area (Å²) < 4.78 is 0. The third kappa shape index (κ3) is 6.33. The fraction of sp³-hybridized carbons (Fsp3) is 0.455. The Morgan fingerprint density at radius 3 is 2.94 bits per heavy atom. The molecule has 0 bridgehead atoms. The standard InChI is InChI=1S/C11H15NO3S2/c1-8(5-11(14)15)12-10(13)7-16-6-9-3-2-4-17-9/h2-4,8H,5-7H2,1H3,(H,12,13)(H,14,15). The van der Waals surface area contributed by atoms with Gasteiger partial charge in [-0.2, -0.15) is 0 Å². The Morgan fingerprint density at radius 1 is 1.59 bits per heavy atom. The first kappa shape index (κ1) is 14.1. The van der Waals surface area contributed by atoms with Crippen LogP contribution in [0.5, 0.6) is 0 Å². The minimum absolute atomic E-state index is 0.0403. The van der Waals surface area contributed by atoms with Gasteiger partial charge >= 0.3 is 5.97 Å². The van der Waals surface area contributed by atoms with Crippen molar-refractivity contribution in [3.8, 4) is 0 Å². The molecule has 2 N–H and O–H groups in total. The van der Waals surface area contributed by atoms with Gasteiger partial charge in [-0.15, -0.1) is 23.1 Å². The number of aliphatic carboxylic acids is 1. The predicted octanol–water partition coefficient (Wildman–Crippen LogP) is 1.96. The van der Waals surface area contributed by atoms with Gasteiger partial charge in [0.1, 0.15) is 0 Å². The average Bonchev–Trinajstić information content (AvgIpc) is 2.68. The Labute approximate surface area is 108 Å². The Morgan fingerprint density at radius 2 is 2.35 bits per heavy atom. The van der Waals surface area contributed by atoms with E-state index >= 15 is 0 Å². The van der Waals surface area contributed by atoms with Crippen molar-refractivity contribution in [1.29, 1.82) is 0 Å². The highest BCUT2D eigenvalue weighted by Crippen LogP contribution is 2.16. The van der Waals surface area contributed by atoms with E-state index in [0.717, 1.165) is 5.75 Å². The number of thioether (sulfide) groups is 1. The zero-order valence-corrected chi connectivity index (χ0v) is 11.1. The molecule has 0 aromatic carbocycles. The molecule has 4 nitrogen and oxygen atoms in total. The van der Waals surface area contributed by atoms with Gasteiger partial charge in [0.15, 0.2) is 0 Å². The first-order chi connectivity index (χ1) is 8.08. The summed E-state index contributed by atoms with van der Waals surface area (Å²) in [5, 5.41) is 13.2. The van der Waals surface area contributed by atoms with Crippen molar-refractivity contribution in [3.05, 3.63) is 22.4 Å². The lowest BCUT2D eigenvalue weighted by atomic mass is 10.2. The molecule has 0 aliphatic carbocycles. The van der Waals surface area contributed by atoms with Gasteiger partial charge in [-0.3, -0.25) is 9.59 Å². The van der Waals surface area contributed by atoms with Crippen molar-refractivity contribution in [2.75, 3.05) is 5.75 Å². The maximum Gasteiger partial charge on any atom is 0.305 e. The highest BCUT2D eigenvalue weighted by Gasteiger charge is 2.10. The van der Waals surface area contributed by atoms with E-state index in [9.17, 15) is 9.59 Å². The molecular formula is C11H15NO3S2. The monoisotopic (exact) mass is 273 g/mol. The Balaban J connectivity index is 2.14. The van der Waals surface area contributed by atoms with Gasteiger partial charge in [-0.1, -0.05) is 6.07 Å². The van der Waals surface area contributed by atoms with Crippen molar-refractivity contribution in [3.63, 3.8) is 0 Å². The molecule has 0 aliphatic heterocycles. The first-order valence-corrected chi connectivity index (χ1v) is 7.22. The number of carboxylic acids is 1. The van der Waals surface area contributed by atoms with E-state index in [4.69, 9.17) is 5.11 Å². The highest BCUT2D eigenvalue weighted by molar-refractivity contribution is 7.99. The summed E-state index contributed by atoms with van der Waals surface area (Å²) in [6, 6.07) is 3.69. The molecule has 17 heavy (non-hydrogen) atoms. The van der Waals surface area contributed by atoms with Gasteiger partial charge in [0, 0.05) is 16.7 Å². The number of carbonyl (C=O) groups is 2. The van der Waals surface area contributed by atoms with E-state index in [2.05, 4.69) is 5.32 Å². The number of carbonyl (C=O) groups excluding carboxylic acids is 1. The van der Waals surface area contributed by atoms with Crippen LogP contribution in [0.2, 0.25) is 0 Å². The lowest BCUT2D eigenvalue weighted by Crippen LogP contribution is -2.35. The fourth-order valence-corrected chi connectivity index (χ4v) is 2.95. The lowest BCUT2D eigenvalue weighted by Gasteiger charge is -2.10. The molecule has 0 saturated carbocycles. The van der Waals surface area contributed by atoms with E-state index in [1.165, 1.54) is 16.6 Å². The van der Waals surface area contributed by atoms with Crippen molar-refractivity contribution in [2.45, 2.75) is 25.1 Å². The summed E-state index contributed by atoms with van der Waals surface area (Å²) in [5.41, 5.74) is 0. The van der Waals surface area contributed by atoms with E-state index < -0.39 is 5.97 Å². The fourth-order valence-electron chi connectivity index (χ4n) is 1.27. The minimum Gasteiger partial charge on any atom is -0.481 e. The average molecular weight is 273 g/mol. The van der Waals surface area contributed by atoms with Gasteiger partial charge in [0.05, 0.1) is 12.2 Å². The summed E-state index contributed by atoms with van der Waals surface area (Å²) in [6.07, 6.45) is -0.0403. The van der Waals surface area contributed by atoms with Crippen LogP contribution in [-0.2, 0) is 15.3 Å². The maximum absolute atomic E-state index is 11.4. The second-order valence-electron chi connectivity index (χ2n) is 3.64. The molecule has 0 saturated heterocycles. The molecule has 1 aromatic heterocycles. The lowest BCUT2D eigenvalue weighted by molar-refractivity contribution is -0.137. The third-order valence-corrected chi connectivity index (χ3v) is 3.99. The van der Waals surface area contributed by atoms with Gasteiger partial charge in [-0.25, -0.2) is 0 Å². The molecule has 1 rings (SSSR count). The number of hydrogen-bond donors (Lipinski definition) is 2. The van der Waals surface area contributed by atoms with Gasteiger partial charge in [-0.05, 0) is 18.4 Å². The summed E-state index contributed by atoms with van der Waals surface area (Å²) in [6.45, 7) is 1.69. The molecule has 1 aromatic rings. The van der Waals surface area contributed by atoms with E-state index in [0.29, 0.717) is 5.75 Å². The van der Waals surface area contributed by atoms with Gasteiger partial charge in [0.2, 0.25) is 5.91 Å². The topological polar surface area (TPSA) is 66.4 Å². The van der Waals surface area contributed by atoms with Crippen molar-refractivity contribution >= 4 is 35.0 Å². The second-order valence-corrected chi connectivity index (χ2v) is 5.66. The second kappa shape index (κ2) is 7.34. The summed E-state index contributed by atoms with van der Waals surface area (Å²) in [7, 11) is 0. The van der Waals surface area contributed by atoms with Crippen LogP contribution in [0.15, 0.2) is 17.5 Å². The van der Waals surface area contributed by atoms with Gasteiger partial charge < -0.3 is 10.4 Å². The van der Waals surface area contributed by atoms with Crippen LogP contribution in [0.4, 0.5) is 0 Å². The summed E-state index contributed by atoms with van der Waals surface area (Å²) in [5.74, 6) is 0.171. The van der Waals surface area contributed by atoms with Gasteiger partial charge in [0.25, 0.3) is 0 Å². The Bertz CT molecular complexity index is 365. The Hall–Kier alpha value is -1.01. The number of rotatable bonds is 7. The molecule has 1 amide bonds. The molecule has 94 valence electrons. The molecule has 0 radical (unpaired) electrons. The Kier molecular flexibility index (Phi) is 6.07. The number of thiophene rings is 1. The molecular weight excluding hydrogens is 258 g/mol. The third-order valence-electron chi connectivity index (χ3n) is 1.95. The normalized spacial score (nSPS) is 12.1.